The van der Waals surface area contributed by atoms with Crippen molar-refractivity contribution < 1.29 is 44.4 Å². The van der Waals surface area contributed by atoms with Crippen molar-refractivity contribution in [3.63, 3.8) is 0 Å². The van der Waals surface area contributed by atoms with Crippen LogP contribution in [0.4, 0.5) is 5.13 Å². The minimum absolute atomic E-state index is 0.00333. The van der Waals surface area contributed by atoms with Crippen LogP contribution in [0.15, 0.2) is 44.3 Å². The van der Waals surface area contributed by atoms with E-state index < -0.39 is 46.5 Å². The molecule has 0 bridgehead atoms. The maximum absolute atomic E-state index is 13.2. The van der Waals surface area contributed by atoms with E-state index in [-0.39, 0.29) is 39.5 Å². The van der Waals surface area contributed by atoms with Gasteiger partial charge >= 0.3 is 11.9 Å². The Morgan fingerprint density at radius 1 is 1.22 bits per heavy atom. The highest BCUT2D eigenvalue weighted by Gasteiger charge is 2.54. The second-order valence-corrected chi connectivity index (χ2v) is 14.1. The van der Waals surface area contributed by atoms with Gasteiger partial charge in [-0.2, -0.15) is 0 Å². The first-order valence-corrected chi connectivity index (χ1v) is 16.4. The van der Waals surface area contributed by atoms with Crippen LogP contribution in [-0.4, -0.2) is 98.5 Å². The number of nitrogen functional groups attached to an aromatic ring is 1. The molecule has 0 radical (unpaired) electrons. The van der Waals surface area contributed by atoms with Crippen LogP contribution in [0.1, 0.15) is 19.5 Å². The number of oxime groups is 1. The number of nitrogens with two attached hydrogens (primary N) is 1. The lowest BCUT2D eigenvalue weighted by atomic mass is 10.0. The summed E-state index contributed by atoms with van der Waals surface area (Å²) in [5, 5.41) is 54.4. The Hall–Kier alpha value is -4.40. The Morgan fingerprint density at radius 2 is 1.98 bits per heavy atom. The Morgan fingerprint density at radius 3 is 2.62 bits per heavy atom. The molecule has 1 unspecified atom stereocenters. The molecule has 45 heavy (non-hydrogen) atoms. The van der Waals surface area contributed by atoms with Gasteiger partial charge < -0.3 is 36.3 Å². The van der Waals surface area contributed by atoms with Gasteiger partial charge in [-0.3, -0.25) is 14.5 Å². The molecule has 7 N–H and O–H groups in total. The third-order valence-electron chi connectivity index (χ3n) is 6.39. The van der Waals surface area contributed by atoms with Crippen LogP contribution < -0.4 is 11.1 Å². The van der Waals surface area contributed by atoms with Gasteiger partial charge in [0.15, 0.2) is 26.7 Å². The van der Waals surface area contributed by atoms with Crippen LogP contribution in [0.3, 0.4) is 0 Å². The monoisotopic (exact) mass is 693 g/mol. The summed E-state index contributed by atoms with van der Waals surface area (Å²) in [4.78, 5) is 60.4. The van der Waals surface area contributed by atoms with Crippen molar-refractivity contribution in [1.82, 2.24) is 25.4 Å². The zero-order valence-corrected chi connectivity index (χ0v) is 26.4. The number of aromatic hydroxyl groups is 2. The molecular formula is C25H23N7O9S4. The average molecular weight is 694 g/mol. The molecule has 2 aromatic heterocycles. The number of amides is 2. The van der Waals surface area contributed by atoms with Crippen molar-refractivity contribution in [3.05, 3.63) is 40.5 Å². The maximum Gasteiger partial charge on any atom is 0.352 e. The van der Waals surface area contributed by atoms with Gasteiger partial charge in [0.1, 0.15) is 27.8 Å². The van der Waals surface area contributed by atoms with Gasteiger partial charge in [-0.05, 0) is 37.6 Å². The van der Waals surface area contributed by atoms with Crippen LogP contribution >= 0.6 is 46.2 Å². The predicted octanol–water partition coefficient (Wildman–Crippen LogP) is 1.77. The normalized spacial score (nSPS) is 18.3. The summed E-state index contributed by atoms with van der Waals surface area (Å²) in [7, 11) is 0. The number of nitrogens with one attached hydrogen (secondary N) is 1. The molecule has 1 saturated heterocycles. The lowest BCUT2D eigenvalue weighted by Gasteiger charge is -2.49. The number of fused-ring (bicyclic) bond motifs is 1. The molecule has 1 fully saturated rings. The highest BCUT2D eigenvalue weighted by atomic mass is 32.2. The van der Waals surface area contributed by atoms with Crippen LogP contribution in [-0.2, 0) is 24.0 Å². The van der Waals surface area contributed by atoms with E-state index in [0.29, 0.717) is 20.5 Å². The number of thioether (sulfide) groups is 2. The third-order valence-corrected chi connectivity index (χ3v) is 10.6. The molecule has 20 heteroatoms. The number of carbonyl (C=O) groups is 4. The zero-order chi connectivity index (χ0) is 32.6. The summed E-state index contributed by atoms with van der Waals surface area (Å²) >= 11 is 4.70. The molecule has 3 aromatic rings. The summed E-state index contributed by atoms with van der Waals surface area (Å²) in [6.07, 6.45) is 0. The minimum Gasteiger partial charge on any atom is -0.504 e. The first kappa shape index (κ1) is 32.0. The summed E-state index contributed by atoms with van der Waals surface area (Å²) < 4.78 is 0.518. The fraction of sp³-hybridized carbons (Fsp3) is 0.280. The summed E-state index contributed by atoms with van der Waals surface area (Å²) in [5.74, 6) is -4.33. The number of aromatic nitrogens is 3. The number of phenolic OH excluding ortho intramolecular Hbond substituents is 2. The predicted molar refractivity (Wildman–Crippen MR) is 165 cm³/mol. The second kappa shape index (κ2) is 12.5. The number of carbonyl (C=O) groups excluding carboxylic acids is 2. The van der Waals surface area contributed by atoms with E-state index in [1.54, 1.807) is 6.07 Å². The largest absolute Gasteiger partial charge is 0.504 e. The van der Waals surface area contributed by atoms with E-state index in [0.717, 1.165) is 16.2 Å². The number of carboxylic acid groups (broad SMARTS) is 2. The molecule has 0 spiro atoms. The highest BCUT2D eigenvalue weighted by Crippen LogP contribution is 2.42. The molecule has 2 aliphatic rings. The number of hydrogen-bond acceptors (Lipinski definition) is 16. The van der Waals surface area contributed by atoms with Gasteiger partial charge in [0.25, 0.3) is 11.8 Å². The van der Waals surface area contributed by atoms with Crippen molar-refractivity contribution >= 4 is 80.8 Å². The van der Waals surface area contributed by atoms with Crippen LogP contribution in [0, 0.1) is 0 Å². The van der Waals surface area contributed by atoms with Gasteiger partial charge in [0.2, 0.25) is 5.60 Å². The van der Waals surface area contributed by atoms with Crippen molar-refractivity contribution in [3.8, 4) is 22.1 Å². The molecule has 0 aliphatic carbocycles. The highest BCUT2D eigenvalue weighted by molar-refractivity contribution is 8.01. The van der Waals surface area contributed by atoms with Crippen molar-refractivity contribution in [2.45, 2.75) is 35.2 Å². The molecule has 0 saturated carbocycles. The Balaban J connectivity index is 1.29. The first-order valence-electron chi connectivity index (χ1n) is 12.7. The number of phenols is 2. The lowest BCUT2D eigenvalue weighted by Crippen LogP contribution is -2.71. The SMILES string of the molecule is CC(C)(O/N=C(\C(=O)NC1C(=O)N2C(C(=O)O)=C(CSc3nnc(-c4ccc(O)c(O)c4)s3)CS[C@H]12)c1csc(N)n1)C(=O)O. The molecule has 5 rings (SSSR count). The summed E-state index contributed by atoms with van der Waals surface area (Å²) in [6.45, 7) is 2.47. The minimum atomic E-state index is -1.78. The topological polar surface area (TPSA) is 251 Å². The fourth-order valence-electron chi connectivity index (χ4n) is 3.99. The van der Waals surface area contributed by atoms with Crippen LogP contribution in [0.5, 0.6) is 11.5 Å². The number of rotatable bonds is 11. The molecule has 1 aromatic carbocycles. The molecule has 16 nitrogen and oxygen atoms in total. The van der Waals surface area contributed by atoms with Crippen LogP contribution in [0.25, 0.3) is 10.6 Å². The van der Waals surface area contributed by atoms with E-state index in [4.69, 9.17) is 10.6 Å². The van der Waals surface area contributed by atoms with Gasteiger partial charge in [0.05, 0.1) is 0 Å². The summed E-state index contributed by atoms with van der Waals surface area (Å²) in [5.41, 5.74) is 4.32. The molecule has 2 atom stereocenters. The maximum atomic E-state index is 13.2. The van der Waals surface area contributed by atoms with E-state index in [9.17, 15) is 39.6 Å². The number of nitrogens with zero attached hydrogens (tertiary/aromatic N) is 5. The molecule has 2 amide bonds. The van der Waals surface area contributed by atoms with E-state index >= 15 is 0 Å². The molecule has 2 aliphatic heterocycles. The van der Waals surface area contributed by atoms with Crippen molar-refractivity contribution in [1.29, 1.82) is 0 Å². The first-order chi connectivity index (χ1) is 21.3. The van der Waals surface area contributed by atoms with Crippen molar-refractivity contribution in [2.24, 2.45) is 5.16 Å². The standard InChI is InChI=1S/C25H23N7O9S4/c1-25(2,22(39)40)41-31-14(11-8-43-23(26)27-11)17(35)28-15-19(36)32-16(21(37)38)10(6-42-20(15)32)7-44-24-30-29-18(45-24)9-3-4-12(33)13(34)5-9/h3-5,8,15,20,33-34H,6-7H2,1-2H3,(H2,26,27)(H,28,35)(H,37,38)(H,39,40)/b31-14-/t15?,20-/m1/s1. The van der Waals surface area contributed by atoms with Gasteiger partial charge in [-0.25, -0.2) is 14.6 Å². The Labute approximate surface area is 270 Å². The number of β-lactam (4-membered cyclic amide) rings is 1. The quantitative estimate of drug-likeness (QED) is 0.0550. The van der Waals surface area contributed by atoms with E-state index in [1.165, 1.54) is 66.2 Å². The number of benzene rings is 1. The molecule has 236 valence electrons. The molecular weight excluding hydrogens is 671 g/mol. The third kappa shape index (κ3) is 6.53. The van der Waals surface area contributed by atoms with Crippen LogP contribution in [0.2, 0.25) is 0 Å². The fourth-order valence-corrected chi connectivity index (χ4v) is 7.87. The number of aliphatic carboxylic acids is 2. The van der Waals surface area contributed by atoms with E-state index in [1.807, 2.05) is 0 Å². The Kier molecular flexibility index (Phi) is 8.92. The second-order valence-electron chi connectivity index (χ2n) is 9.90. The number of hydrogen-bond donors (Lipinski definition) is 6. The van der Waals surface area contributed by atoms with Crippen molar-refractivity contribution in [2.75, 3.05) is 17.2 Å². The Bertz CT molecular complexity index is 1770. The number of carboxylic acids is 2. The molecule has 4 heterocycles. The number of anilines is 1. The smallest absolute Gasteiger partial charge is 0.352 e. The summed E-state index contributed by atoms with van der Waals surface area (Å²) in [6, 6.07) is 3.15. The van der Waals surface area contributed by atoms with Gasteiger partial charge in [-0.1, -0.05) is 28.3 Å². The number of thiazole rings is 1. The van der Waals surface area contributed by atoms with E-state index in [2.05, 4.69) is 25.7 Å². The van der Waals surface area contributed by atoms with Gasteiger partial charge in [0, 0.05) is 22.4 Å². The zero-order valence-electron chi connectivity index (χ0n) is 23.2. The van der Waals surface area contributed by atoms with Gasteiger partial charge in [-0.15, -0.1) is 33.3 Å². The average Bonchev–Trinajstić information content (AvgIpc) is 3.64. The lowest BCUT2D eigenvalue weighted by molar-refractivity contribution is -0.161.